The van der Waals surface area contributed by atoms with Crippen molar-refractivity contribution in [3.8, 4) is 11.6 Å². The van der Waals surface area contributed by atoms with E-state index in [-0.39, 0.29) is 0 Å². The summed E-state index contributed by atoms with van der Waals surface area (Å²) in [5, 5.41) is 2.15. The van der Waals surface area contributed by atoms with Crippen LogP contribution in [0.2, 0.25) is 0 Å². The van der Waals surface area contributed by atoms with Crippen LogP contribution in [-0.2, 0) is 0 Å². The molecule has 0 N–H and O–H groups in total. The highest BCUT2D eigenvalue weighted by Gasteiger charge is 2.13. The molecular weight excluding hydrogens is 350 g/mol. The maximum absolute atomic E-state index is 4.80. The molecule has 28 heavy (non-hydrogen) atoms. The van der Waals surface area contributed by atoms with Gasteiger partial charge in [0.1, 0.15) is 18.2 Å². The first-order valence-electron chi connectivity index (χ1n) is 8.84. The number of hydrogen-bond acceptors (Lipinski definition) is 5. The second-order valence-corrected chi connectivity index (χ2v) is 6.47. The molecule has 132 valence electrons. The summed E-state index contributed by atoms with van der Waals surface area (Å²) in [5.74, 6) is 0.557. The van der Waals surface area contributed by atoms with E-state index in [9.17, 15) is 0 Å². The molecule has 6 rings (SSSR count). The lowest BCUT2D eigenvalue weighted by Crippen LogP contribution is -2.02. The van der Waals surface area contributed by atoms with E-state index in [1.165, 1.54) is 0 Å². The molecule has 0 aliphatic rings. The smallest absolute Gasteiger partial charge is 0.237 e. The van der Waals surface area contributed by atoms with Gasteiger partial charge in [0.15, 0.2) is 5.65 Å². The zero-order valence-corrected chi connectivity index (χ0v) is 14.6. The minimum atomic E-state index is 0.557. The van der Waals surface area contributed by atoms with Crippen LogP contribution in [0.5, 0.6) is 0 Å². The van der Waals surface area contributed by atoms with Crippen molar-refractivity contribution in [2.75, 3.05) is 0 Å². The molecule has 0 unspecified atom stereocenters. The largest absolute Gasteiger partial charge is 0.282 e. The lowest BCUT2D eigenvalue weighted by Gasteiger charge is -2.08. The first-order valence-corrected chi connectivity index (χ1v) is 8.84. The van der Waals surface area contributed by atoms with Gasteiger partial charge < -0.3 is 0 Å². The van der Waals surface area contributed by atoms with Crippen molar-refractivity contribution in [3.05, 3.63) is 79.8 Å². The van der Waals surface area contributed by atoms with E-state index in [0.29, 0.717) is 5.95 Å². The van der Waals surface area contributed by atoms with E-state index < -0.39 is 0 Å². The van der Waals surface area contributed by atoms with Crippen LogP contribution in [0.3, 0.4) is 0 Å². The molecule has 0 saturated carbocycles. The Labute approximate surface area is 159 Å². The maximum atomic E-state index is 4.80. The number of hydrogen-bond donors (Lipinski definition) is 0. The van der Waals surface area contributed by atoms with Gasteiger partial charge in [0.05, 0.1) is 22.9 Å². The fourth-order valence-electron chi connectivity index (χ4n) is 3.52. The van der Waals surface area contributed by atoms with Crippen LogP contribution in [0.1, 0.15) is 0 Å². The van der Waals surface area contributed by atoms with Gasteiger partial charge in [-0.3, -0.25) is 14.1 Å². The zero-order valence-electron chi connectivity index (χ0n) is 14.6. The molecule has 2 aromatic carbocycles. The van der Waals surface area contributed by atoms with Gasteiger partial charge in [-0.25, -0.2) is 15.0 Å². The molecule has 6 aromatic rings. The predicted molar refractivity (Wildman–Crippen MR) is 107 cm³/mol. The lowest BCUT2D eigenvalue weighted by molar-refractivity contribution is 0.951. The number of benzene rings is 2. The van der Waals surface area contributed by atoms with Crippen molar-refractivity contribution in [1.82, 2.24) is 34.1 Å². The molecule has 0 saturated heterocycles. The van der Waals surface area contributed by atoms with Crippen LogP contribution in [0.15, 0.2) is 79.8 Å². The summed E-state index contributed by atoms with van der Waals surface area (Å²) >= 11 is 0. The monoisotopic (exact) mass is 363 g/mol. The van der Waals surface area contributed by atoms with E-state index >= 15 is 0 Å². The molecule has 0 spiro atoms. The molecule has 7 nitrogen and oxygen atoms in total. The van der Waals surface area contributed by atoms with Crippen molar-refractivity contribution >= 4 is 33.0 Å². The summed E-state index contributed by atoms with van der Waals surface area (Å²) in [6.45, 7) is 0. The Kier molecular flexibility index (Phi) is 3.04. The molecule has 0 radical (unpaired) electrons. The van der Waals surface area contributed by atoms with Crippen molar-refractivity contribution < 1.29 is 0 Å². The highest BCUT2D eigenvalue weighted by Crippen LogP contribution is 2.25. The minimum absolute atomic E-state index is 0.557. The molecule has 0 aliphatic heterocycles. The summed E-state index contributed by atoms with van der Waals surface area (Å²) in [6, 6.07) is 16.0. The Morgan fingerprint density at radius 1 is 0.714 bits per heavy atom. The number of pyridine rings is 1. The molecule has 0 aliphatic carbocycles. The second-order valence-electron chi connectivity index (χ2n) is 6.47. The maximum Gasteiger partial charge on any atom is 0.237 e. The molecule has 4 aromatic heterocycles. The predicted octanol–water partition coefficient (Wildman–Crippen LogP) is 3.70. The van der Waals surface area contributed by atoms with Crippen LogP contribution in [0, 0.1) is 0 Å². The molecule has 7 heteroatoms. The topological polar surface area (TPSA) is 74.3 Å². The third kappa shape index (κ3) is 2.13. The van der Waals surface area contributed by atoms with E-state index in [1.807, 2.05) is 57.8 Å². The quantitative estimate of drug-likeness (QED) is 0.469. The minimum Gasteiger partial charge on any atom is -0.282 e. The van der Waals surface area contributed by atoms with Crippen molar-refractivity contribution in [2.45, 2.75) is 0 Å². The Bertz CT molecular complexity index is 1470. The average molecular weight is 363 g/mol. The summed E-state index contributed by atoms with van der Waals surface area (Å²) < 4.78 is 3.86. The van der Waals surface area contributed by atoms with Gasteiger partial charge >= 0.3 is 0 Å². The number of aromatic nitrogens is 7. The summed E-state index contributed by atoms with van der Waals surface area (Å²) in [6.07, 6.45) is 8.92. The van der Waals surface area contributed by atoms with Crippen LogP contribution >= 0.6 is 0 Å². The van der Waals surface area contributed by atoms with Crippen LogP contribution in [0.25, 0.3) is 44.6 Å². The normalized spacial score (nSPS) is 11.6. The van der Waals surface area contributed by atoms with Crippen molar-refractivity contribution in [3.63, 3.8) is 0 Å². The third-order valence-corrected chi connectivity index (χ3v) is 4.87. The number of imidazole rings is 2. The highest BCUT2D eigenvalue weighted by molar-refractivity contribution is 5.91. The Balaban J connectivity index is 1.60. The van der Waals surface area contributed by atoms with Crippen LogP contribution < -0.4 is 0 Å². The fourth-order valence-corrected chi connectivity index (χ4v) is 3.52. The molecule has 4 heterocycles. The molecule has 0 atom stereocenters. The van der Waals surface area contributed by atoms with Gasteiger partial charge in [-0.05, 0) is 29.7 Å². The van der Waals surface area contributed by atoms with E-state index in [2.05, 4.69) is 26.0 Å². The zero-order chi connectivity index (χ0) is 18.5. The van der Waals surface area contributed by atoms with Gasteiger partial charge in [-0.15, -0.1) is 0 Å². The Hall–Kier alpha value is -4.13. The summed E-state index contributed by atoms with van der Waals surface area (Å²) in [7, 11) is 0. The molecular formula is C21H13N7. The Morgan fingerprint density at radius 2 is 1.61 bits per heavy atom. The molecule has 0 bridgehead atoms. The van der Waals surface area contributed by atoms with Crippen molar-refractivity contribution in [2.24, 2.45) is 0 Å². The average Bonchev–Trinajstić information content (AvgIpc) is 3.37. The van der Waals surface area contributed by atoms with E-state index in [1.54, 1.807) is 25.0 Å². The number of rotatable bonds is 2. The van der Waals surface area contributed by atoms with E-state index in [4.69, 9.17) is 4.98 Å². The first-order chi connectivity index (χ1) is 13.9. The standard InChI is InChI=1S/C21H13N7/c1-2-6-19-16(5-1)24-13-28(19)21-23-11-17-20(26-21)27(12-25-17)18-7-3-4-14-8-9-22-10-15(14)18/h1-13H. The number of fused-ring (bicyclic) bond motifs is 3. The number of nitrogens with zero attached hydrogens (tertiary/aromatic N) is 7. The van der Waals surface area contributed by atoms with Gasteiger partial charge in [-0.1, -0.05) is 24.3 Å². The number of para-hydroxylation sites is 2. The van der Waals surface area contributed by atoms with Crippen LogP contribution in [-0.4, -0.2) is 34.1 Å². The fraction of sp³-hybridized carbons (Fsp3) is 0. The van der Waals surface area contributed by atoms with Gasteiger partial charge in [-0.2, -0.15) is 4.98 Å². The first kappa shape index (κ1) is 15.0. The second kappa shape index (κ2) is 5.68. The summed E-state index contributed by atoms with van der Waals surface area (Å²) in [5.41, 5.74) is 4.31. The van der Waals surface area contributed by atoms with Gasteiger partial charge in [0.25, 0.3) is 0 Å². The third-order valence-electron chi connectivity index (χ3n) is 4.87. The molecule has 0 fully saturated rings. The molecule has 0 amide bonds. The van der Waals surface area contributed by atoms with Gasteiger partial charge in [0, 0.05) is 17.8 Å². The van der Waals surface area contributed by atoms with Crippen LogP contribution in [0.4, 0.5) is 0 Å². The summed E-state index contributed by atoms with van der Waals surface area (Å²) in [4.78, 5) is 22.5. The highest BCUT2D eigenvalue weighted by atomic mass is 15.2. The van der Waals surface area contributed by atoms with E-state index in [0.717, 1.165) is 38.7 Å². The Morgan fingerprint density at radius 3 is 2.61 bits per heavy atom. The lowest BCUT2D eigenvalue weighted by atomic mass is 10.1. The van der Waals surface area contributed by atoms with Crippen molar-refractivity contribution in [1.29, 1.82) is 0 Å². The van der Waals surface area contributed by atoms with Gasteiger partial charge in [0.2, 0.25) is 5.95 Å². The SMILES string of the molecule is c1cc(-n2cnc3cnc(-n4cnc5ccccc54)nc32)c2cnccc2c1.